The summed E-state index contributed by atoms with van der Waals surface area (Å²) in [4.78, 5) is 24.4. The fourth-order valence-electron chi connectivity index (χ4n) is 3.66. The van der Waals surface area contributed by atoms with Gasteiger partial charge in [0.15, 0.2) is 10.9 Å². The number of rotatable bonds is 0. The van der Waals surface area contributed by atoms with Crippen molar-refractivity contribution >= 4 is 43.1 Å². The van der Waals surface area contributed by atoms with Crippen LogP contribution in [0.25, 0.3) is 43.1 Å². The Morgan fingerprint density at radius 2 is 0.773 bits per heavy atom. The van der Waals surface area contributed by atoms with E-state index in [4.69, 9.17) is 0 Å². The first-order chi connectivity index (χ1) is 10.8. The van der Waals surface area contributed by atoms with Crippen LogP contribution in [0.5, 0.6) is 0 Å². The summed E-state index contributed by atoms with van der Waals surface area (Å²) >= 11 is 0. The lowest BCUT2D eigenvalue weighted by Gasteiger charge is -2.13. The maximum atomic E-state index is 12.2. The van der Waals surface area contributed by atoms with Gasteiger partial charge in [-0.3, -0.25) is 9.59 Å². The van der Waals surface area contributed by atoms with Gasteiger partial charge < -0.3 is 0 Å². The van der Waals surface area contributed by atoms with Crippen LogP contribution in [-0.2, 0) is 0 Å². The van der Waals surface area contributed by atoms with Crippen LogP contribution in [0.3, 0.4) is 0 Å². The van der Waals surface area contributed by atoms with E-state index in [2.05, 4.69) is 0 Å². The molecule has 0 bridgehead atoms. The van der Waals surface area contributed by atoms with Gasteiger partial charge in [-0.15, -0.1) is 0 Å². The molecule has 0 aliphatic heterocycles. The van der Waals surface area contributed by atoms with E-state index in [1.165, 1.54) is 0 Å². The Labute approximate surface area is 124 Å². The molecule has 5 aromatic carbocycles. The lowest BCUT2D eigenvalue weighted by atomic mass is 9.90. The summed E-state index contributed by atoms with van der Waals surface area (Å²) in [6.07, 6.45) is 0. The third kappa shape index (κ3) is 1.25. The van der Waals surface area contributed by atoms with Crippen molar-refractivity contribution in [1.82, 2.24) is 0 Å². The lowest BCUT2D eigenvalue weighted by molar-refractivity contribution is 1.68. The monoisotopic (exact) mass is 282 g/mol. The molecule has 0 aromatic heterocycles. The number of fused-ring (bicyclic) bond motifs is 2. The molecule has 0 aliphatic carbocycles. The maximum Gasteiger partial charge on any atom is 0.186 e. The summed E-state index contributed by atoms with van der Waals surface area (Å²) < 4.78 is 0. The van der Waals surface area contributed by atoms with E-state index in [1.54, 1.807) is 12.1 Å². The van der Waals surface area contributed by atoms with Crippen molar-refractivity contribution < 1.29 is 0 Å². The molecule has 0 saturated carbocycles. The third-order valence-corrected chi connectivity index (χ3v) is 4.58. The van der Waals surface area contributed by atoms with Crippen LogP contribution in [0.15, 0.2) is 70.3 Å². The van der Waals surface area contributed by atoms with E-state index in [0.717, 1.165) is 43.1 Å². The van der Waals surface area contributed by atoms with Gasteiger partial charge in [-0.2, -0.15) is 0 Å². The maximum absolute atomic E-state index is 12.2. The van der Waals surface area contributed by atoms with Crippen LogP contribution in [0, 0.1) is 0 Å². The molecule has 5 aromatic rings. The Morgan fingerprint density at radius 1 is 0.409 bits per heavy atom. The van der Waals surface area contributed by atoms with Crippen molar-refractivity contribution in [2.24, 2.45) is 0 Å². The summed E-state index contributed by atoms with van der Waals surface area (Å²) in [7, 11) is 0. The van der Waals surface area contributed by atoms with E-state index >= 15 is 0 Å². The van der Waals surface area contributed by atoms with E-state index in [1.807, 2.05) is 48.5 Å². The molecular formula is C20H10O2. The zero-order chi connectivity index (χ0) is 14.8. The van der Waals surface area contributed by atoms with Crippen molar-refractivity contribution in [3.8, 4) is 0 Å². The van der Waals surface area contributed by atoms with E-state index in [9.17, 15) is 9.59 Å². The highest BCUT2D eigenvalue weighted by Gasteiger charge is 2.14. The number of benzene rings is 5. The normalized spacial score (nSPS) is 12.0. The average Bonchev–Trinajstić information content (AvgIpc) is 2.55. The number of hydrogen-bond acceptors (Lipinski definition) is 2. The van der Waals surface area contributed by atoms with Gasteiger partial charge in [-0.1, -0.05) is 36.4 Å². The summed E-state index contributed by atoms with van der Waals surface area (Å²) in [6, 6.07) is 18.6. The second kappa shape index (κ2) is 3.80. The van der Waals surface area contributed by atoms with Crippen LogP contribution in [-0.4, -0.2) is 0 Å². The van der Waals surface area contributed by atoms with Crippen LogP contribution in [0.2, 0.25) is 0 Å². The third-order valence-electron chi connectivity index (χ3n) is 4.58. The highest BCUT2D eigenvalue weighted by atomic mass is 16.1. The first-order valence-electron chi connectivity index (χ1n) is 7.22. The molecule has 0 unspecified atom stereocenters. The summed E-state index contributed by atoms with van der Waals surface area (Å²) in [5.41, 5.74) is 0.0772. The minimum atomic E-state index is 0.0386. The zero-order valence-corrected chi connectivity index (χ0v) is 11.6. The molecule has 102 valence electrons. The van der Waals surface area contributed by atoms with E-state index < -0.39 is 0 Å². The highest BCUT2D eigenvalue weighted by molar-refractivity contribution is 6.32. The van der Waals surface area contributed by atoms with Crippen molar-refractivity contribution in [2.45, 2.75) is 0 Å². The Bertz CT molecular complexity index is 1180. The van der Waals surface area contributed by atoms with Gasteiger partial charge in [0.05, 0.1) is 0 Å². The molecule has 0 aliphatic rings. The van der Waals surface area contributed by atoms with Gasteiger partial charge in [0.1, 0.15) is 0 Å². The Hall–Kier alpha value is -3.00. The predicted octanol–water partition coefficient (Wildman–Crippen LogP) is 3.90. The zero-order valence-electron chi connectivity index (χ0n) is 11.6. The second-order valence-corrected chi connectivity index (χ2v) is 5.68. The SMILES string of the molecule is O=c1ccc2c3cccc4c(=O)ccc(c5cccc1c52)c43. The smallest absolute Gasteiger partial charge is 0.186 e. The molecule has 2 nitrogen and oxygen atoms in total. The predicted molar refractivity (Wildman–Crippen MR) is 91.4 cm³/mol. The van der Waals surface area contributed by atoms with Gasteiger partial charge in [-0.05, 0) is 45.8 Å². The molecular weight excluding hydrogens is 272 g/mol. The van der Waals surface area contributed by atoms with Crippen LogP contribution < -0.4 is 10.9 Å². The fourth-order valence-corrected chi connectivity index (χ4v) is 3.66. The molecule has 0 N–H and O–H groups in total. The molecule has 0 fully saturated rings. The summed E-state index contributed by atoms with van der Waals surface area (Å²) in [5, 5.41) is 7.61. The average molecular weight is 282 g/mol. The van der Waals surface area contributed by atoms with Crippen molar-refractivity contribution in [1.29, 1.82) is 0 Å². The lowest BCUT2D eigenvalue weighted by Crippen LogP contribution is -2.02. The molecule has 0 heterocycles. The minimum Gasteiger partial charge on any atom is -0.289 e. The molecule has 2 heteroatoms. The molecule has 0 amide bonds. The number of hydrogen-bond donors (Lipinski definition) is 0. The Morgan fingerprint density at radius 3 is 1.23 bits per heavy atom. The van der Waals surface area contributed by atoms with Gasteiger partial charge in [0, 0.05) is 21.5 Å². The summed E-state index contributed by atoms with van der Waals surface area (Å²) in [6.45, 7) is 0. The molecule has 5 rings (SSSR count). The molecule has 0 radical (unpaired) electrons. The topological polar surface area (TPSA) is 34.1 Å². The van der Waals surface area contributed by atoms with E-state index in [0.29, 0.717) is 0 Å². The Kier molecular flexibility index (Phi) is 2.01. The van der Waals surface area contributed by atoms with Crippen LogP contribution >= 0.6 is 0 Å². The quantitative estimate of drug-likeness (QED) is 0.319. The van der Waals surface area contributed by atoms with Crippen molar-refractivity contribution in [3.63, 3.8) is 0 Å². The first-order valence-corrected chi connectivity index (χ1v) is 7.22. The molecule has 0 saturated heterocycles. The van der Waals surface area contributed by atoms with Crippen molar-refractivity contribution in [3.05, 3.63) is 81.1 Å². The van der Waals surface area contributed by atoms with E-state index in [-0.39, 0.29) is 10.9 Å². The molecule has 22 heavy (non-hydrogen) atoms. The van der Waals surface area contributed by atoms with Crippen LogP contribution in [0.1, 0.15) is 0 Å². The first kappa shape index (κ1) is 11.6. The van der Waals surface area contributed by atoms with Gasteiger partial charge >= 0.3 is 0 Å². The molecule has 0 atom stereocenters. The van der Waals surface area contributed by atoms with Gasteiger partial charge in [-0.25, -0.2) is 0 Å². The Balaban J connectivity index is 2.33. The van der Waals surface area contributed by atoms with Crippen LogP contribution in [0.4, 0.5) is 0 Å². The van der Waals surface area contributed by atoms with Gasteiger partial charge in [0.2, 0.25) is 0 Å². The largest absolute Gasteiger partial charge is 0.289 e. The second-order valence-electron chi connectivity index (χ2n) is 5.68. The standard InChI is InChI=1S/C20H10O2/c21-17-9-8-14-12-4-2-6-16-18(22)10-7-13(20(12)16)11-3-1-5-15(17)19(11)14/h1-10H. The highest BCUT2D eigenvalue weighted by Crippen LogP contribution is 2.37. The van der Waals surface area contributed by atoms with Gasteiger partial charge in [0.25, 0.3) is 0 Å². The fraction of sp³-hybridized carbons (Fsp3) is 0. The summed E-state index contributed by atoms with van der Waals surface area (Å²) in [5.74, 6) is 0. The molecule has 0 spiro atoms. The minimum absolute atomic E-state index is 0.0386. The van der Waals surface area contributed by atoms with Crippen molar-refractivity contribution in [2.75, 3.05) is 0 Å².